The summed E-state index contributed by atoms with van der Waals surface area (Å²) in [6.45, 7) is 1.89. The number of aromatic nitrogens is 1. The van der Waals surface area contributed by atoms with Gasteiger partial charge in [0.2, 0.25) is 0 Å². The molecule has 0 fully saturated rings. The SMILES string of the molecule is CC[C@@H](CO)NC(=O)c1ccc(-n2cccc2)cc1. The summed E-state index contributed by atoms with van der Waals surface area (Å²) < 4.78 is 1.98. The van der Waals surface area contributed by atoms with Gasteiger partial charge in [0.15, 0.2) is 0 Å². The van der Waals surface area contributed by atoms with Crippen LogP contribution in [0.15, 0.2) is 48.8 Å². The van der Waals surface area contributed by atoms with Gasteiger partial charge in [-0.15, -0.1) is 0 Å². The number of carbonyl (C=O) groups is 1. The molecule has 0 saturated heterocycles. The van der Waals surface area contributed by atoms with Crippen molar-refractivity contribution in [3.63, 3.8) is 0 Å². The van der Waals surface area contributed by atoms with E-state index in [1.807, 2.05) is 48.1 Å². The Labute approximate surface area is 112 Å². The first-order chi connectivity index (χ1) is 9.24. The van der Waals surface area contributed by atoms with Gasteiger partial charge in [-0.05, 0) is 42.8 Å². The minimum atomic E-state index is -0.184. The van der Waals surface area contributed by atoms with Crippen molar-refractivity contribution in [1.29, 1.82) is 0 Å². The van der Waals surface area contributed by atoms with Crippen LogP contribution in [0.3, 0.4) is 0 Å². The Morgan fingerprint density at radius 3 is 2.42 bits per heavy atom. The van der Waals surface area contributed by atoms with Crippen LogP contribution in [0, 0.1) is 0 Å². The van der Waals surface area contributed by atoms with Gasteiger partial charge in [-0.2, -0.15) is 0 Å². The number of amides is 1. The second kappa shape index (κ2) is 6.20. The number of aliphatic hydroxyl groups excluding tert-OH is 1. The summed E-state index contributed by atoms with van der Waals surface area (Å²) in [6.07, 6.45) is 4.62. The lowest BCUT2D eigenvalue weighted by molar-refractivity contribution is 0.0915. The molecule has 2 rings (SSSR count). The Balaban J connectivity index is 2.08. The molecule has 19 heavy (non-hydrogen) atoms. The van der Waals surface area contributed by atoms with Crippen LogP contribution in [0.4, 0.5) is 0 Å². The first-order valence-electron chi connectivity index (χ1n) is 6.39. The molecule has 4 nitrogen and oxygen atoms in total. The number of hydrogen-bond acceptors (Lipinski definition) is 2. The third-order valence-corrected chi connectivity index (χ3v) is 3.08. The number of aliphatic hydroxyl groups is 1. The number of carbonyl (C=O) groups excluding carboxylic acids is 1. The molecule has 1 heterocycles. The fraction of sp³-hybridized carbons (Fsp3) is 0.267. The third kappa shape index (κ3) is 3.23. The molecule has 1 aromatic heterocycles. The van der Waals surface area contributed by atoms with Crippen LogP contribution >= 0.6 is 0 Å². The number of nitrogens with zero attached hydrogens (tertiary/aromatic N) is 1. The third-order valence-electron chi connectivity index (χ3n) is 3.08. The predicted octanol–water partition coefficient (Wildman–Crippen LogP) is 1.98. The van der Waals surface area contributed by atoms with Gasteiger partial charge >= 0.3 is 0 Å². The quantitative estimate of drug-likeness (QED) is 0.861. The molecule has 1 atom stereocenters. The largest absolute Gasteiger partial charge is 0.394 e. The first kappa shape index (κ1) is 13.4. The molecule has 2 N–H and O–H groups in total. The maximum Gasteiger partial charge on any atom is 0.251 e. The molecule has 0 radical (unpaired) electrons. The maximum absolute atomic E-state index is 11.9. The van der Waals surface area contributed by atoms with Crippen LogP contribution in [0.25, 0.3) is 5.69 Å². The van der Waals surface area contributed by atoms with E-state index in [0.717, 1.165) is 5.69 Å². The zero-order valence-corrected chi connectivity index (χ0v) is 10.9. The Morgan fingerprint density at radius 2 is 1.89 bits per heavy atom. The summed E-state index contributed by atoms with van der Waals surface area (Å²) >= 11 is 0. The van der Waals surface area contributed by atoms with E-state index >= 15 is 0 Å². The average Bonchev–Trinajstić information content (AvgIpc) is 2.99. The number of nitrogens with one attached hydrogen (secondary N) is 1. The molecule has 1 amide bonds. The van der Waals surface area contributed by atoms with Gasteiger partial charge in [-0.3, -0.25) is 4.79 Å². The molecule has 0 unspecified atom stereocenters. The van der Waals surface area contributed by atoms with Crippen molar-refractivity contribution in [2.24, 2.45) is 0 Å². The highest BCUT2D eigenvalue weighted by Crippen LogP contribution is 2.10. The van der Waals surface area contributed by atoms with Gasteiger partial charge in [-0.25, -0.2) is 0 Å². The normalized spacial score (nSPS) is 12.1. The number of benzene rings is 1. The molecule has 0 bridgehead atoms. The molecular formula is C15H18N2O2. The average molecular weight is 258 g/mol. The van der Waals surface area contributed by atoms with Gasteiger partial charge in [0, 0.05) is 23.6 Å². The van der Waals surface area contributed by atoms with E-state index in [1.54, 1.807) is 12.1 Å². The Hall–Kier alpha value is -2.07. The Bertz CT molecular complexity index is 514. The van der Waals surface area contributed by atoms with Crippen molar-refractivity contribution in [1.82, 2.24) is 9.88 Å². The first-order valence-corrected chi connectivity index (χ1v) is 6.39. The lowest BCUT2D eigenvalue weighted by atomic mass is 10.1. The summed E-state index contributed by atoms with van der Waals surface area (Å²) in [5, 5.41) is 11.9. The highest BCUT2D eigenvalue weighted by atomic mass is 16.3. The second-order valence-electron chi connectivity index (χ2n) is 4.40. The number of rotatable bonds is 5. The zero-order valence-electron chi connectivity index (χ0n) is 10.9. The standard InChI is InChI=1S/C15H18N2O2/c1-2-13(11-18)16-15(19)12-5-7-14(8-6-12)17-9-3-4-10-17/h3-10,13,18H,2,11H2,1H3,(H,16,19)/t13-/m0/s1. The summed E-state index contributed by atoms with van der Waals surface area (Å²) in [5.74, 6) is -0.153. The highest BCUT2D eigenvalue weighted by Gasteiger charge is 2.11. The van der Waals surface area contributed by atoms with Crippen molar-refractivity contribution in [2.75, 3.05) is 6.61 Å². The van der Waals surface area contributed by atoms with E-state index in [1.165, 1.54) is 0 Å². The van der Waals surface area contributed by atoms with Crippen LogP contribution in [-0.2, 0) is 0 Å². The van der Waals surface area contributed by atoms with Crippen molar-refractivity contribution >= 4 is 5.91 Å². The van der Waals surface area contributed by atoms with E-state index in [4.69, 9.17) is 5.11 Å². The molecule has 100 valence electrons. The lowest BCUT2D eigenvalue weighted by Gasteiger charge is -2.14. The molecule has 0 spiro atoms. The van der Waals surface area contributed by atoms with Crippen LogP contribution in [0.2, 0.25) is 0 Å². The van der Waals surface area contributed by atoms with Crippen LogP contribution in [-0.4, -0.2) is 28.2 Å². The molecular weight excluding hydrogens is 240 g/mol. The molecule has 1 aromatic carbocycles. The van der Waals surface area contributed by atoms with Crippen LogP contribution in [0.1, 0.15) is 23.7 Å². The van der Waals surface area contributed by atoms with Gasteiger partial charge in [0.25, 0.3) is 5.91 Å². The van der Waals surface area contributed by atoms with Gasteiger partial charge in [-0.1, -0.05) is 6.92 Å². The molecule has 0 aliphatic heterocycles. The van der Waals surface area contributed by atoms with Crippen molar-refractivity contribution in [3.8, 4) is 5.69 Å². The fourth-order valence-corrected chi connectivity index (χ4v) is 1.84. The van der Waals surface area contributed by atoms with Crippen molar-refractivity contribution in [2.45, 2.75) is 19.4 Å². The van der Waals surface area contributed by atoms with E-state index in [0.29, 0.717) is 12.0 Å². The van der Waals surface area contributed by atoms with Crippen molar-refractivity contribution in [3.05, 3.63) is 54.4 Å². The fourth-order valence-electron chi connectivity index (χ4n) is 1.84. The minimum absolute atomic E-state index is 0.0380. The predicted molar refractivity (Wildman–Crippen MR) is 74.4 cm³/mol. The Kier molecular flexibility index (Phi) is 4.36. The summed E-state index contributed by atoms with van der Waals surface area (Å²) in [5.41, 5.74) is 1.61. The molecule has 4 heteroatoms. The lowest BCUT2D eigenvalue weighted by Crippen LogP contribution is -2.36. The number of hydrogen-bond donors (Lipinski definition) is 2. The Morgan fingerprint density at radius 1 is 1.26 bits per heavy atom. The van der Waals surface area contributed by atoms with Crippen molar-refractivity contribution < 1.29 is 9.90 Å². The van der Waals surface area contributed by atoms with E-state index in [9.17, 15) is 4.79 Å². The van der Waals surface area contributed by atoms with E-state index in [2.05, 4.69) is 5.32 Å². The van der Waals surface area contributed by atoms with E-state index in [-0.39, 0.29) is 18.6 Å². The topological polar surface area (TPSA) is 54.3 Å². The summed E-state index contributed by atoms with van der Waals surface area (Å²) in [7, 11) is 0. The summed E-state index contributed by atoms with van der Waals surface area (Å²) in [4.78, 5) is 11.9. The van der Waals surface area contributed by atoms with Crippen LogP contribution < -0.4 is 5.32 Å². The van der Waals surface area contributed by atoms with Crippen LogP contribution in [0.5, 0.6) is 0 Å². The monoisotopic (exact) mass is 258 g/mol. The minimum Gasteiger partial charge on any atom is -0.394 e. The molecule has 0 aliphatic carbocycles. The van der Waals surface area contributed by atoms with Gasteiger partial charge in [0.05, 0.1) is 12.6 Å². The van der Waals surface area contributed by atoms with E-state index < -0.39 is 0 Å². The van der Waals surface area contributed by atoms with Gasteiger partial charge < -0.3 is 15.0 Å². The smallest absolute Gasteiger partial charge is 0.251 e. The summed E-state index contributed by atoms with van der Waals surface area (Å²) in [6, 6.07) is 11.1. The molecule has 0 aliphatic rings. The second-order valence-corrected chi connectivity index (χ2v) is 4.40. The molecule has 2 aromatic rings. The van der Waals surface area contributed by atoms with Gasteiger partial charge in [0.1, 0.15) is 0 Å². The molecule has 0 saturated carbocycles. The highest BCUT2D eigenvalue weighted by molar-refractivity contribution is 5.94. The zero-order chi connectivity index (χ0) is 13.7. The maximum atomic E-state index is 11.9.